The van der Waals surface area contributed by atoms with Crippen LogP contribution >= 0.6 is 50.3 Å². The lowest BCUT2D eigenvalue weighted by molar-refractivity contribution is 1.37. The van der Waals surface area contributed by atoms with Crippen LogP contribution in [0, 0.1) is 3.57 Å². The molecule has 2 rings (SSSR count). The van der Waals surface area contributed by atoms with Crippen LogP contribution in [0.2, 0.25) is 0 Å². The van der Waals surface area contributed by atoms with Gasteiger partial charge in [-0.1, -0.05) is 28.1 Å². The SMILES string of the molecule is Nc1cc(Br)ccc1SCc1ccc(I)cc1. The van der Waals surface area contributed by atoms with Crippen LogP contribution in [0.25, 0.3) is 0 Å². The maximum absolute atomic E-state index is 5.96. The Kier molecular flexibility index (Phi) is 4.76. The first-order chi connectivity index (χ1) is 8.15. The number of rotatable bonds is 3. The van der Waals surface area contributed by atoms with Crippen molar-refractivity contribution in [1.82, 2.24) is 0 Å². The summed E-state index contributed by atoms with van der Waals surface area (Å²) in [6, 6.07) is 14.6. The van der Waals surface area contributed by atoms with Crippen LogP contribution in [0.3, 0.4) is 0 Å². The van der Waals surface area contributed by atoms with Crippen molar-refractivity contribution in [2.75, 3.05) is 5.73 Å². The minimum Gasteiger partial charge on any atom is -0.398 e. The fraction of sp³-hybridized carbons (Fsp3) is 0.0769. The van der Waals surface area contributed by atoms with Gasteiger partial charge in [-0.15, -0.1) is 11.8 Å². The van der Waals surface area contributed by atoms with Gasteiger partial charge in [-0.3, -0.25) is 0 Å². The second-order valence-electron chi connectivity index (χ2n) is 3.60. The van der Waals surface area contributed by atoms with E-state index in [-0.39, 0.29) is 0 Å². The topological polar surface area (TPSA) is 26.0 Å². The molecule has 2 N–H and O–H groups in total. The van der Waals surface area contributed by atoms with E-state index in [1.165, 1.54) is 9.13 Å². The van der Waals surface area contributed by atoms with Gasteiger partial charge >= 0.3 is 0 Å². The third-order valence-corrected chi connectivity index (χ3v) is 4.65. The van der Waals surface area contributed by atoms with Gasteiger partial charge in [0.2, 0.25) is 0 Å². The standard InChI is InChI=1S/C13H11BrINS/c14-10-3-6-13(12(16)7-10)17-8-9-1-4-11(15)5-2-9/h1-7H,8,16H2. The number of nitrogen functional groups attached to an aromatic ring is 1. The first-order valence-corrected chi connectivity index (χ1v) is 7.93. The molecule has 0 aliphatic rings. The second-order valence-corrected chi connectivity index (χ2v) is 6.78. The van der Waals surface area contributed by atoms with Crippen molar-refractivity contribution in [3.05, 3.63) is 56.1 Å². The maximum atomic E-state index is 5.96. The van der Waals surface area contributed by atoms with E-state index >= 15 is 0 Å². The van der Waals surface area contributed by atoms with E-state index in [0.29, 0.717) is 0 Å². The van der Waals surface area contributed by atoms with Gasteiger partial charge in [-0.2, -0.15) is 0 Å². The number of hydrogen-bond acceptors (Lipinski definition) is 2. The molecular weight excluding hydrogens is 409 g/mol. The Hall–Kier alpha value is -0.200. The Morgan fingerprint density at radius 3 is 2.47 bits per heavy atom. The van der Waals surface area contributed by atoms with E-state index in [1.807, 2.05) is 12.1 Å². The van der Waals surface area contributed by atoms with Gasteiger partial charge in [-0.25, -0.2) is 0 Å². The van der Waals surface area contributed by atoms with Gasteiger partial charge in [0.15, 0.2) is 0 Å². The third-order valence-electron chi connectivity index (χ3n) is 2.28. The van der Waals surface area contributed by atoms with Crippen LogP contribution in [0.1, 0.15) is 5.56 Å². The molecule has 0 aromatic heterocycles. The van der Waals surface area contributed by atoms with E-state index in [0.717, 1.165) is 20.8 Å². The molecule has 0 radical (unpaired) electrons. The molecule has 0 aliphatic heterocycles. The summed E-state index contributed by atoms with van der Waals surface area (Å²) in [5, 5.41) is 0. The Morgan fingerprint density at radius 2 is 1.82 bits per heavy atom. The molecule has 0 heterocycles. The summed E-state index contributed by atoms with van der Waals surface area (Å²) in [5.41, 5.74) is 8.10. The highest BCUT2D eigenvalue weighted by Crippen LogP contribution is 2.30. The maximum Gasteiger partial charge on any atom is 0.0463 e. The number of thioether (sulfide) groups is 1. The van der Waals surface area contributed by atoms with E-state index in [2.05, 4.69) is 68.9 Å². The number of halogens is 2. The molecule has 0 saturated carbocycles. The average molecular weight is 420 g/mol. The Morgan fingerprint density at radius 1 is 1.12 bits per heavy atom. The van der Waals surface area contributed by atoms with Gasteiger partial charge in [0.05, 0.1) is 0 Å². The van der Waals surface area contributed by atoms with Crippen LogP contribution in [-0.4, -0.2) is 0 Å². The molecule has 0 atom stereocenters. The van der Waals surface area contributed by atoms with Crippen molar-refractivity contribution >= 4 is 56.0 Å². The first kappa shape index (κ1) is 13.2. The van der Waals surface area contributed by atoms with Crippen LogP contribution in [-0.2, 0) is 5.75 Å². The average Bonchev–Trinajstić information content (AvgIpc) is 2.30. The predicted molar refractivity (Wildman–Crippen MR) is 87.3 cm³/mol. The fourth-order valence-corrected chi connectivity index (χ4v) is 3.04. The summed E-state index contributed by atoms with van der Waals surface area (Å²) in [4.78, 5) is 1.13. The van der Waals surface area contributed by atoms with Crippen molar-refractivity contribution < 1.29 is 0 Å². The summed E-state index contributed by atoms with van der Waals surface area (Å²) >= 11 is 7.49. The van der Waals surface area contributed by atoms with E-state index in [1.54, 1.807) is 11.8 Å². The minimum absolute atomic E-state index is 0.829. The first-order valence-electron chi connectivity index (χ1n) is 5.07. The molecule has 0 aliphatic carbocycles. The van der Waals surface area contributed by atoms with E-state index in [4.69, 9.17) is 5.73 Å². The monoisotopic (exact) mass is 419 g/mol. The van der Waals surface area contributed by atoms with Crippen molar-refractivity contribution in [3.8, 4) is 0 Å². The minimum atomic E-state index is 0.829. The summed E-state index contributed by atoms with van der Waals surface area (Å²) in [7, 11) is 0. The molecular formula is C13H11BrINS. The predicted octanol–water partition coefficient (Wildman–Crippen LogP) is 4.93. The zero-order valence-electron chi connectivity index (χ0n) is 8.99. The summed E-state index contributed by atoms with van der Waals surface area (Å²) in [5.74, 6) is 0.947. The smallest absolute Gasteiger partial charge is 0.0463 e. The quantitative estimate of drug-likeness (QED) is 0.433. The molecule has 0 spiro atoms. The molecule has 2 aromatic rings. The van der Waals surface area contributed by atoms with E-state index in [9.17, 15) is 0 Å². The summed E-state index contributed by atoms with van der Waals surface area (Å²) < 4.78 is 2.29. The summed E-state index contributed by atoms with van der Waals surface area (Å²) in [6.45, 7) is 0. The van der Waals surface area contributed by atoms with Gasteiger partial charge in [0, 0.05) is 24.4 Å². The van der Waals surface area contributed by atoms with Crippen LogP contribution in [0.4, 0.5) is 5.69 Å². The highest BCUT2D eigenvalue weighted by Gasteiger charge is 2.01. The fourth-order valence-electron chi connectivity index (χ4n) is 1.39. The lowest BCUT2D eigenvalue weighted by atomic mass is 10.2. The Balaban J connectivity index is 2.04. The Bertz CT molecular complexity index is 513. The molecule has 0 amide bonds. The lowest BCUT2D eigenvalue weighted by Crippen LogP contribution is -1.89. The molecule has 17 heavy (non-hydrogen) atoms. The highest BCUT2D eigenvalue weighted by atomic mass is 127. The molecule has 1 nitrogen and oxygen atoms in total. The molecule has 0 bridgehead atoms. The lowest BCUT2D eigenvalue weighted by Gasteiger charge is -2.06. The van der Waals surface area contributed by atoms with Crippen molar-refractivity contribution in [3.63, 3.8) is 0 Å². The molecule has 4 heteroatoms. The van der Waals surface area contributed by atoms with Gasteiger partial charge < -0.3 is 5.73 Å². The normalized spacial score (nSPS) is 10.5. The largest absolute Gasteiger partial charge is 0.398 e. The van der Waals surface area contributed by atoms with Crippen LogP contribution < -0.4 is 5.73 Å². The van der Waals surface area contributed by atoms with Gasteiger partial charge in [0.1, 0.15) is 0 Å². The van der Waals surface area contributed by atoms with Crippen LogP contribution in [0.15, 0.2) is 51.8 Å². The molecule has 0 fully saturated rings. The molecule has 88 valence electrons. The highest BCUT2D eigenvalue weighted by molar-refractivity contribution is 14.1. The number of nitrogens with two attached hydrogens (primary N) is 1. The van der Waals surface area contributed by atoms with Crippen molar-refractivity contribution in [2.24, 2.45) is 0 Å². The zero-order valence-corrected chi connectivity index (χ0v) is 13.6. The second kappa shape index (κ2) is 6.11. The Labute approximate surface area is 127 Å². The molecule has 0 saturated heterocycles. The van der Waals surface area contributed by atoms with Gasteiger partial charge in [0.25, 0.3) is 0 Å². The summed E-state index contributed by atoms with van der Waals surface area (Å²) in [6.07, 6.45) is 0. The number of benzene rings is 2. The van der Waals surface area contributed by atoms with Crippen LogP contribution in [0.5, 0.6) is 0 Å². The molecule has 0 unspecified atom stereocenters. The number of hydrogen-bond donors (Lipinski definition) is 1. The third kappa shape index (κ3) is 3.89. The zero-order chi connectivity index (χ0) is 12.3. The van der Waals surface area contributed by atoms with Gasteiger partial charge in [-0.05, 0) is 58.5 Å². The number of anilines is 1. The van der Waals surface area contributed by atoms with Crippen molar-refractivity contribution in [1.29, 1.82) is 0 Å². The van der Waals surface area contributed by atoms with E-state index < -0.39 is 0 Å². The molecule has 2 aromatic carbocycles. The van der Waals surface area contributed by atoms with Crippen molar-refractivity contribution in [2.45, 2.75) is 10.6 Å².